The molecule has 6 heteroatoms. The Morgan fingerprint density at radius 1 is 1.22 bits per heavy atom. The van der Waals surface area contributed by atoms with Crippen LogP contribution < -0.4 is 0 Å². The molecule has 0 N–H and O–H groups in total. The first kappa shape index (κ1) is 12.3. The van der Waals surface area contributed by atoms with E-state index >= 15 is 0 Å². The number of alkyl halides is 3. The molecule has 18 heavy (non-hydrogen) atoms. The third kappa shape index (κ3) is 2.77. The van der Waals surface area contributed by atoms with Gasteiger partial charge in [0.1, 0.15) is 6.54 Å². The van der Waals surface area contributed by atoms with Crippen LogP contribution in [0, 0.1) is 0 Å². The first-order chi connectivity index (χ1) is 8.47. The topological polar surface area (TPSA) is 34.9 Å². The summed E-state index contributed by atoms with van der Waals surface area (Å²) in [7, 11) is 0. The maximum Gasteiger partial charge on any atom is 0.419 e. The van der Waals surface area contributed by atoms with Crippen LogP contribution in [0.1, 0.15) is 15.9 Å². The molecule has 0 radical (unpaired) electrons. The van der Waals surface area contributed by atoms with E-state index in [1.54, 1.807) is 30.3 Å². The second kappa shape index (κ2) is 4.64. The average molecular weight is 254 g/mol. The highest BCUT2D eigenvalue weighted by atomic mass is 19.4. The van der Waals surface area contributed by atoms with E-state index in [1.807, 2.05) is 0 Å². The van der Waals surface area contributed by atoms with Crippen molar-refractivity contribution in [2.24, 2.45) is 0 Å². The lowest BCUT2D eigenvalue weighted by Gasteiger charge is -2.02. The second-order valence-corrected chi connectivity index (χ2v) is 3.71. The Balaban J connectivity index is 2.11. The zero-order valence-corrected chi connectivity index (χ0v) is 9.19. The molecular formula is C12H9F3N2O. The van der Waals surface area contributed by atoms with Gasteiger partial charge >= 0.3 is 6.18 Å². The van der Waals surface area contributed by atoms with Gasteiger partial charge in [0.15, 0.2) is 5.78 Å². The lowest BCUT2D eigenvalue weighted by atomic mass is 10.1. The van der Waals surface area contributed by atoms with Crippen molar-refractivity contribution in [2.75, 3.05) is 0 Å². The zero-order valence-electron chi connectivity index (χ0n) is 9.19. The third-order valence-electron chi connectivity index (χ3n) is 2.36. The summed E-state index contributed by atoms with van der Waals surface area (Å²) < 4.78 is 38.0. The minimum absolute atomic E-state index is 0.208. The minimum Gasteiger partial charge on any atom is -0.292 e. The van der Waals surface area contributed by atoms with Crippen molar-refractivity contribution < 1.29 is 18.0 Å². The zero-order chi connectivity index (χ0) is 13.2. The first-order valence-corrected chi connectivity index (χ1v) is 5.15. The van der Waals surface area contributed by atoms with Gasteiger partial charge in [0.25, 0.3) is 0 Å². The Hall–Kier alpha value is -2.11. The van der Waals surface area contributed by atoms with Crippen molar-refractivity contribution in [1.82, 2.24) is 9.78 Å². The van der Waals surface area contributed by atoms with Gasteiger partial charge in [-0.15, -0.1) is 0 Å². The third-order valence-corrected chi connectivity index (χ3v) is 2.36. The second-order valence-electron chi connectivity index (χ2n) is 3.71. The highest BCUT2D eigenvalue weighted by Crippen LogP contribution is 2.28. The molecule has 0 aliphatic rings. The van der Waals surface area contributed by atoms with Crippen molar-refractivity contribution in [3.05, 3.63) is 53.9 Å². The molecule has 0 aliphatic heterocycles. The molecule has 0 aliphatic carbocycles. The van der Waals surface area contributed by atoms with E-state index in [4.69, 9.17) is 0 Å². The van der Waals surface area contributed by atoms with Gasteiger partial charge in [-0.2, -0.15) is 18.3 Å². The minimum atomic E-state index is -4.44. The van der Waals surface area contributed by atoms with Gasteiger partial charge in [0, 0.05) is 11.8 Å². The van der Waals surface area contributed by atoms with Gasteiger partial charge in [0.2, 0.25) is 0 Å². The maximum atomic E-state index is 12.3. The monoisotopic (exact) mass is 254 g/mol. The molecule has 0 atom stereocenters. The van der Waals surface area contributed by atoms with Crippen LogP contribution in [-0.4, -0.2) is 15.6 Å². The number of carbonyl (C=O) groups excluding carboxylic acids is 1. The van der Waals surface area contributed by atoms with Crippen LogP contribution in [0.4, 0.5) is 13.2 Å². The molecule has 0 bridgehead atoms. The highest BCUT2D eigenvalue weighted by Gasteiger charge is 2.32. The smallest absolute Gasteiger partial charge is 0.292 e. The number of ketones is 1. The van der Waals surface area contributed by atoms with Crippen molar-refractivity contribution >= 4 is 5.78 Å². The van der Waals surface area contributed by atoms with Gasteiger partial charge in [-0.25, -0.2) is 0 Å². The molecule has 2 aromatic rings. The van der Waals surface area contributed by atoms with Crippen LogP contribution in [0.15, 0.2) is 42.7 Å². The molecule has 0 amide bonds. The maximum absolute atomic E-state index is 12.3. The van der Waals surface area contributed by atoms with E-state index in [9.17, 15) is 18.0 Å². The number of aromatic nitrogens is 2. The van der Waals surface area contributed by atoms with Crippen molar-refractivity contribution in [2.45, 2.75) is 12.7 Å². The fraction of sp³-hybridized carbons (Fsp3) is 0.167. The Morgan fingerprint density at radius 2 is 1.89 bits per heavy atom. The van der Waals surface area contributed by atoms with Crippen LogP contribution in [0.25, 0.3) is 0 Å². The number of benzene rings is 1. The van der Waals surface area contributed by atoms with Crippen molar-refractivity contribution in [3.8, 4) is 0 Å². The summed E-state index contributed by atoms with van der Waals surface area (Å²) >= 11 is 0. The normalized spacial score (nSPS) is 11.5. The summed E-state index contributed by atoms with van der Waals surface area (Å²) in [5.41, 5.74) is -0.412. The van der Waals surface area contributed by atoms with Gasteiger partial charge in [0.05, 0.1) is 11.8 Å². The van der Waals surface area contributed by atoms with Crippen LogP contribution >= 0.6 is 0 Å². The fourth-order valence-electron chi connectivity index (χ4n) is 1.46. The molecule has 0 saturated heterocycles. The quantitative estimate of drug-likeness (QED) is 0.789. The van der Waals surface area contributed by atoms with E-state index in [2.05, 4.69) is 5.10 Å². The summed E-state index contributed by atoms with van der Waals surface area (Å²) in [6.45, 7) is -0.208. The molecule has 1 aromatic heterocycles. The van der Waals surface area contributed by atoms with Crippen molar-refractivity contribution in [1.29, 1.82) is 0 Å². The molecule has 94 valence electrons. The van der Waals surface area contributed by atoms with E-state index in [0.29, 0.717) is 11.8 Å². The van der Waals surface area contributed by atoms with E-state index in [-0.39, 0.29) is 12.3 Å². The number of carbonyl (C=O) groups is 1. The molecule has 3 nitrogen and oxygen atoms in total. The summed E-state index contributed by atoms with van der Waals surface area (Å²) in [5.74, 6) is -0.285. The summed E-state index contributed by atoms with van der Waals surface area (Å²) in [6.07, 6.45) is -2.91. The average Bonchev–Trinajstić information content (AvgIpc) is 2.78. The fourth-order valence-corrected chi connectivity index (χ4v) is 1.46. The number of halogens is 3. The number of hydrogen-bond donors (Lipinski definition) is 0. The van der Waals surface area contributed by atoms with Gasteiger partial charge in [-0.05, 0) is 0 Å². The SMILES string of the molecule is O=C(Cn1cc(C(F)(F)F)cn1)c1ccccc1. The predicted octanol–water partition coefficient (Wildman–Crippen LogP) is 2.78. The van der Waals surface area contributed by atoms with Gasteiger partial charge in [-0.3, -0.25) is 9.48 Å². The molecule has 0 fully saturated rings. The molecule has 0 saturated carbocycles. The molecule has 1 aromatic carbocycles. The van der Waals surface area contributed by atoms with E-state index in [1.165, 1.54) is 0 Å². The van der Waals surface area contributed by atoms with Crippen LogP contribution in [0.3, 0.4) is 0 Å². The van der Waals surface area contributed by atoms with Crippen molar-refractivity contribution in [3.63, 3.8) is 0 Å². The standard InChI is InChI=1S/C12H9F3N2O/c13-12(14,15)10-6-16-17(7-10)8-11(18)9-4-2-1-3-5-9/h1-7H,8H2. The summed E-state index contributed by atoms with van der Waals surface area (Å²) in [6, 6.07) is 8.36. The Morgan fingerprint density at radius 3 is 2.44 bits per heavy atom. The Labute approximate surface area is 101 Å². The Kier molecular flexibility index (Phi) is 3.18. The number of nitrogens with zero attached hydrogens (tertiary/aromatic N) is 2. The summed E-state index contributed by atoms with van der Waals surface area (Å²) in [5, 5.41) is 3.52. The van der Waals surface area contributed by atoms with Crippen LogP contribution in [0.5, 0.6) is 0 Å². The van der Waals surface area contributed by atoms with Gasteiger partial charge in [-0.1, -0.05) is 30.3 Å². The predicted molar refractivity (Wildman–Crippen MR) is 58.0 cm³/mol. The lowest BCUT2D eigenvalue weighted by Crippen LogP contribution is -2.11. The number of rotatable bonds is 3. The van der Waals surface area contributed by atoms with Crippen LogP contribution in [-0.2, 0) is 12.7 Å². The van der Waals surface area contributed by atoms with Gasteiger partial charge < -0.3 is 0 Å². The van der Waals surface area contributed by atoms with Crippen LogP contribution in [0.2, 0.25) is 0 Å². The molecule has 2 rings (SSSR count). The molecule has 0 unspecified atom stereocenters. The molecule has 1 heterocycles. The lowest BCUT2D eigenvalue weighted by molar-refractivity contribution is -0.137. The van der Waals surface area contributed by atoms with E-state index in [0.717, 1.165) is 10.9 Å². The molecular weight excluding hydrogens is 245 g/mol. The first-order valence-electron chi connectivity index (χ1n) is 5.15. The Bertz CT molecular complexity index is 546. The van der Waals surface area contributed by atoms with E-state index < -0.39 is 11.7 Å². The summed E-state index contributed by atoms with van der Waals surface area (Å²) in [4.78, 5) is 11.7. The number of Topliss-reactive ketones (excluding diaryl/α,β-unsaturated/α-hetero) is 1. The largest absolute Gasteiger partial charge is 0.419 e. The highest BCUT2D eigenvalue weighted by molar-refractivity contribution is 5.95. The number of hydrogen-bond acceptors (Lipinski definition) is 2. The molecule has 0 spiro atoms.